The van der Waals surface area contributed by atoms with Crippen LogP contribution < -0.4 is 0 Å². The molecule has 0 spiro atoms. The fourth-order valence-corrected chi connectivity index (χ4v) is 4.39. The number of hydrogen-bond donors (Lipinski definition) is 1. The number of likely N-dealkylation sites (N-methyl/N-ethyl adjacent to an activating group) is 1. The molecular formula is C15H20N2O5S. The summed E-state index contributed by atoms with van der Waals surface area (Å²) in [4.78, 5) is 24.7. The Morgan fingerprint density at radius 1 is 1.30 bits per heavy atom. The van der Waals surface area contributed by atoms with Gasteiger partial charge in [0.2, 0.25) is 15.9 Å². The fraction of sp³-hybridized carbons (Fsp3) is 0.467. The van der Waals surface area contributed by atoms with Gasteiger partial charge in [0.15, 0.2) is 0 Å². The van der Waals surface area contributed by atoms with Crippen molar-refractivity contribution >= 4 is 21.9 Å². The van der Waals surface area contributed by atoms with Crippen molar-refractivity contribution in [2.45, 2.75) is 30.7 Å². The van der Waals surface area contributed by atoms with Crippen LogP contribution in [0.15, 0.2) is 35.2 Å². The molecule has 1 amide bonds. The molecule has 0 aliphatic carbocycles. The molecule has 1 unspecified atom stereocenters. The Kier molecular flexibility index (Phi) is 5.38. The third-order valence-electron chi connectivity index (χ3n) is 3.86. The largest absolute Gasteiger partial charge is 0.480 e. The minimum absolute atomic E-state index is 0.140. The Morgan fingerprint density at radius 2 is 1.96 bits per heavy atom. The molecule has 126 valence electrons. The normalized spacial score (nSPS) is 18.7. The number of aliphatic carboxylic acids is 1. The lowest BCUT2D eigenvalue weighted by atomic mass is 10.2. The van der Waals surface area contributed by atoms with E-state index in [0.29, 0.717) is 12.8 Å². The van der Waals surface area contributed by atoms with Gasteiger partial charge in [0.1, 0.15) is 12.6 Å². The van der Waals surface area contributed by atoms with Crippen molar-refractivity contribution < 1.29 is 23.1 Å². The van der Waals surface area contributed by atoms with Crippen molar-refractivity contribution in [2.24, 2.45) is 0 Å². The van der Waals surface area contributed by atoms with E-state index in [2.05, 4.69) is 0 Å². The molecule has 1 heterocycles. The first-order chi connectivity index (χ1) is 10.9. The summed E-state index contributed by atoms with van der Waals surface area (Å²) in [5, 5.41) is 8.88. The van der Waals surface area contributed by atoms with Crippen molar-refractivity contribution in [1.82, 2.24) is 9.21 Å². The van der Waals surface area contributed by atoms with Crippen molar-refractivity contribution in [3.8, 4) is 0 Å². The molecule has 2 rings (SSSR count). The number of carboxylic acids is 1. The molecule has 1 atom stereocenters. The Labute approximate surface area is 135 Å². The summed E-state index contributed by atoms with van der Waals surface area (Å²) in [7, 11) is -3.76. The zero-order valence-corrected chi connectivity index (χ0v) is 13.7. The molecule has 23 heavy (non-hydrogen) atoms. The molecule has 1 N–H and O–H groups in total. The van der Waals surface area contributed by atoms with Gasteiger partial charge in [-0.05, 0) is 31.9 Å². The number of benzene rings is 1. The quantitative estimate of drug-likeness (QED) is 0.825. The summed E-state index contributed by atoms with van der Waals surface area (Å²) in [6, 6.07) is 7.12. The van der Waals surface area contributed by atoms with Gasteiger partial charge in [0, 0.05) is 13.1 Å². The van der Waals surface area contributed by atoms with Crippen molar-refractivity contribution in [3.63, 3.8) is 0 Å². The van der Waals surface area contributed by atoms with E-state index in [-0.39, 0.29) is 18.0 Å². The van der Waals surface area contributed by atoms with Gasteiger partial charge >= 0.3 is 5.97 Å². The Morgan fingerprint density at radius 3 is 2.52 bits per heavy atom. The van der Waals surface area contributed by atoms with E-state index in [9.17, 15) is 18.0 Å². The van der Waals surface area contributed by atoms with E-state index in [1.165, 1.54) is 21.3 Å². The van der Waals surface area contributed by atoms with Gasteiger partial charge in [-0.3, -0.25) is 9.59 Å². The predicted octanol–water partition coefficient (Wildman–Crippen LogP) is 0.773. The van der Waals surface area contributed by atoms with Crippen LogP contribution >= 0.6 is 0 Å². The van der Waals surface area contributed by atoms with Crippen LogP contribution in [0, 0.1) is 0 Å². The van der Waals surface area contributed by atoms with Gasteiger partial charge in [-0.25, -0.2) is 8.42 Å². The molecule has 1 aromatic carbocycles. The standard InChI is InChI=1S/C15H20N2O5S/c1-2-16(11-14(18)19)15(20)13-9-6-10-17(13)23(21,22)12-7-4-3-5-8-12/h3-5,7-8,13H,2,6,9-11H2,1H3,(H,18,19). The maximum Gasteiger partial charge on any atom is 0.323 e. The summed E-state index contributed by atoms with van der Waals surface area (Å²) < 4.78 is 26.6. The highest BCUT2D eigenvalue weighted by Crippen LogP contribution is 2.27. The minimum Gasteiger partial charge on any atom is -0.480 e. The highest BCUT2D eigenvalue weighted by molar-refractivity contribution is 7.89. The van der Waals surface area contributed by atoms with E-state index >= 15 is 0 Å². The third kappa shape index (κ3) is 3.70. The van der Waals surface area contributed by atoms with Crippen LogP contribution in [0.5, 0.6) is 0 Å². The van der Waals surface area contributed by atoms with E-state index < -0.39 is 34.5 Å². The predicted molar refractivity (Wildman–Crippen MR) is 83.2 cm³/mol. The van der Waals surface area contributed by atoms with Crippen LogP contribution in [0.25, 0.3) is 0 Å². The first-order valence-corrected chi connectivity index (χ1v) is 8.89. The molecule has 1 aromatic rings. The van der Waals surface area contributed by atoms with Gasteiger partial charge < -0.3 is 10.0 Å². The lowest BCUT2D eigenvalue weighted by molar-refractivity contribution is -0.145. The Balaban J connectivity index is 2.26. The second-order valence-electron chi connectivity index (χ2n) is 5.33. The zero-order chi connectivity index (χ0) is 17.0. The van der Waals surface area contributed by atoms with E-state index in [1.54, 1.807) is 25.1 Å². The second-order valence-corrected chi connectivity index (χ2v) is 7.22. The molecule has 0 saturated carbocycles. The fourth-order valence-electron chi connectivity index (χ4n) is 2.72. The first-order valence-electron chi connectivity index (χ1n) is 7.45. The Bertz CT molecular complexity index is 674. The summed E-state index contributed by atoms with van der Waals surface area (Å²) in [5.41, 5.74) is 0. The molecule has 1 aliphatic heterocycles. The van der Waals surface area contributed by atoms with E-state index in [1.807, 2.05) is 0 Å². The summed E-state index contributed by atoms with van der Waals surface area (Å²) >= 11 is 0. The number of amides is 1. The van der Waals surface area contributed by atoms with Crippen LogP contribution in [-0.4, -0.2) is 60.3 Å². The van der Waals surface area contributed by atoms with Gasteiger partial charge in [0.05, 0.1) is 4.90 Å². The minimum atomic E-state index is -3.76. The monoisotopic (exact) mass is 340 g/mol. The van der Waals surface area contributed by atoms with E-state index in [0.717, 1.165) is 0 Å². The van der Waals surface area contributed by atoms with Gasteiger partial charge in [-0.15, -0.1) is 0 Å². The molecule has 1 saturated heterocycles. The van der Waals surface area contributed by atoms with Gasteiger partial charge in [-0.2, -0.15) is 4.31 Å². The van der Waals surface area contributed by atoms with Gasteiger partial charge in [-0.1, -0.05) is 18.2 Å². The maximum absolute atomic E-state index is 12.7. The number of carbonyl (C=O) groups is 2. The molecular weight excluding hydrogens is 320 g/mol. The van der Waals surface area contributed by atoms with Crippen LogP contribution in [0.3, 0.4) is 0 Å². The summed E-state index contributed by atoms with van der Waals surface area (Å²) in [5.74, 6) is -1.57. The average molecular weight is 340 g/mol. The number of hydrogen-bond acceptors (Lipinski definition) is 4. The summed E-state index contributed by atoms with van der Waals surface area (Å²) in [6.45, 7) is 1.73. The number of carboxylic acid groups (broad SMARTS) is 1. The molecule has 7 nitrogen and oxygen atoms in total. The second kappa shape index (κ2) is 7.10. The summed E-state index contributed by atoms with van der Waals surface area (Å²) in [6.07, 6.45) is 0.980. The van der Waals surface area contributed by atoms with Crippen molar-refractivity contribution in [1.29, 1.82) is 0 Å². The number of rotatable bonds is 6. The Hall–Kier alpha value is -1.93. The van der Waals surface area contributed by atoms with Crippen LogP contribution in [-0.2, 0) is 19.6 Å². The average Bonchev–Trinajstić information content (AvgIpc) is 3.03. The molecule has 1 fully saturated rings. The third-order valence-corrected chi connectivity index (χ3v) is 5.78. The van der Waals surface area contributed by atoms with Crippen LogP contribution in [0.2, 0.25) is 0 Å². The first kappa shape index (κ1) is 17.4. The maximum atomic E-state index is 12.7. The molecule has 0 radical (unpaired) electrons. The molecule has 8 heteroatoms. The van der Waals surface area contributed by atoms with Crippen molar-refractivity contribution in [3.05, 3.63) is 30.3 Å². The molecule has 0 bridgehead atoms. The number of sulfonamides is 1. The molecule has 1 aliphatic rings. The van der Waals surface area contributed by atoms with Gasteiger partial charge in [0.25, 0.3) is 0 Å². The van der Waals surface area contributed by atoms with Crippen molar-refractivity contribution in [2.75, 3.05) is 19.6 Å². The number of carbonyl (C=O) groups excluding carboxylic acids is 1. The molecule has 0 aromatic heterocycles. The lowest BCUT2D eigenvalue weighted by Gasteiger charge is -2.28. The smallest absolute Gasteiger partial charge is 0.323 e. The van der Waals surface area contributed by atoms with Crippen LogP contribution in [0.1, 0.15) is 19.8 Å². The highest BCUT2D eigenvalue weighted by atomic mass is 32.2. The zero-order valence-electron chi connectivity index (χ0n) is 12.9. The number of nitrogens with zero attached hydrogens (tertiary/aromatic N) is 2. The lowest BCUT2D eigenvalue weighted by Crippen LogP contribution is -2.49. The highest BCUT2D eigenvalue weighted by Gasteiger charge is 2.41. The topological polar surface area (TPSA) is 95.0 Å². The SMILES string of the molecule is CCN(CC(=O)O)C(=O)C1CCCN1S(=O)(=O)c1ccccc1. The van der Waals surface area contributed by atoms with E-state index in [4.69, 9.17) is 5.11 Å². The van der Waals surface area contributed by atoms with Crippen LogP contribution in [0.4, 0.5) is 0 Å².